The maximum Gasteiger partial charge on any atom is 0.234 e. The molecule has 0 saturated carbocycles. The number of carbonyl (C=O) groups excluding carboxylic acids is 1. The number of hydrogen-bond donors (Lipinski definition) is 1. The first-order chi connectivity index (χ1) is 15.5. The summed E-state index contributed by atoms with van der Waals surface area (Å²) in [6, 6.07) is 17.7. The van der Waals surface area contributed by atoms with Gasteiger partial charge in [-0.15, -0.1) is 10.2 Å². The van der Waals surface area contributed by atoms with E-state index in [4.69, 9.17) is 4.74 Å². The number of methoxy groups -OCH3 is 1. The van der Waals surface area contributed by atoms with Crippen LogP contribution in [0.15, 0.2) is 72.1 Å². The van der Waals surface area contributed by atoms with Crippen LogP contribution in [-0.4, -0.2) is 38.3 Å². The molecule has 0 saturated heterocycles. The molecule has 0 radical (unpaired) electrons. The Kier molecular flexibility index (Phi) is 6.61. The molecule has 0 unspecified atom stereocenters. The van der Waals surface area contributed by atoms with Gasteiger partial charge in [0.1, 0.15) is 5.75 Å². The Labute approximate surface area is 191 Å². The van der Waals surface area contributed by atoms with Crippen molar-refractivity contribution in [2.45, 2.75) is 25.4 Å². The number of benzene rings is 2. The second kappa shape index (κ2) is 9.74. The average Bonchev–Trinajstić information content (AvgIpc) is 3.45. The molecule has 8 heteroatoms. The highest BCUT2D eigenvalue weighted by Crippen LogP contribution is 2.21. The van der Waals surface area contributed by atoms with Gasteiger partial charge in [0.15, 0.2) is 5.82 Å². The van der Waals surface area contributed by atoms with Crippen molar-refractivity contribution in [3.05, 3.63) is 89.5 Å². The topological polar surface area (TPSA) is 74.0 Å². The molecule has 1 N–H and O–H groups in total. The van der Waals surface area contributed by atoms with Gasteiger partial charge in [-0.2, -0.15) is 0 Å². The Morgan fingerprint density at radius 3 is 2.47 bits per heavy atom. The summed E-state index contributed by atoms with van der Waals surface area (Å²) in [4.78, 5) is 12.5. The average molecular weight is 448 g/mol. The van der Waals surface area contributed by atoms with E-state index in [-0.39, 0.29) is 11.7 Å². The summed E-state index contributed by atoms with van der Waals surface area (Å²) < 4.78 is 9.08. The van der Waals surface area contributed by atoms with E-state index in [2.05, 4.69) is 15.5 Å². The third-order valence-electron chi connectivity index (χ3n) is 5.14. The summed E-state index contributed by atoms with van der Waals surface area (Å²) in [5.41, 5.74) is 4.23. The molecule has 7 nitrogen and oxygen atoms in total. The van der Waals surface area contributed by atoms with Crippen LogP contribution in [0.1, 0.15) is 22.5 Å². The van der Waals surface area contributed by atoms with Gasteiger partial charge < -0.3 is 10.1 Å². The quantitative estimate of drug-likeness (QED) is 0.407. The summed E-state index contributed by atoms with van der Waals surface area (Å²) >= 11 is 1.35. The molecule has 0 aliphatic rings. The minimum Gasteiger partial charge on any atom is -0.497 e. The Bertz CT molecular complexity index is 1200. The molecule has 0 bridgehead atoms. The predicted molar refractivity (Wildman–Crippen MR) is 126 cm³/mol. The van der Waals surface area contributed by atoms with Crippen molar-refractivity contribution in [3.63, 3.8) is 0 Å². The summed E-state index contributed by atoms with van der Waals surface area (Å²) in [6.07, 6.45) is 4.46. The van der Waals surface area contributed by atoms with Gasteiger partial charge in [-0.25, -0.2) is 4.68 Å². The zero-order chi connectivity index (χ0) is 22.5. The van der Waals surface area contributed by atoms with Gasteiger partial charge in [-0.3, -0.25) is 9.47 Å². The van der Waals surface area contributed by atoms with Crippen LogP contribution in [0.4, 0.5) is 5.69 Å². The molecule has 2 heterocycles. The first-order valence-corrected chi connectivity index (χ1v) is 11.2. The SMILES string of the molecule is COc1ccc(Cc2nnc(SCC(=O)Nc3ccc(C)c(C)c3)n2-n2cccc2)cc1. The molecule has 2 aromatic carbocycles. The van der Waals surface area contributed by atoms with Crippen LogP contribution < -0.4 is 10.1 Å². The summed E-state index contributed by atoms with van der Waals surface area (Å²) in [6.45, 7) is 4.08. The smallest absolute Gasteiger partial charge is 0.234 e. The van der Waals surface area contributed by atoms with Crippen LogP contribution in [0.25, 0.3) is 0 Å². The Morgan fingerprint density at radius 2 is 1.78 bits per heavy atom. The largest absolute Gasteiger partial charge is 0.497 e. The van der Waals surface area contributed by atoms with Gasteiger partial charge in [-0.05, 0) is 66.9 Å². The van der Waals surface area contributed by atoms with Crippen molar-refractivity contribution < 1.29 is 9.53 Å². The molecule has 0 fully saturated rings. The monoisotopic (exact) mass is 447 g/mol. The van der Waals surface area contributed by atoms with E-state index in [9.17, 15) is 4.79 Å². The number of carbonyl (C=O) groups is 1. The van der Waals surface area contributed by atoms with Crippen LogP contribution in [0.2, 0.25) is 0 Å². The van der Waals surface area contributed by atoms with E-state index in [0.717, 1.165) is 28.4 Å². The fraction of sp³-hybridized carbons (Fsp3) is 0.208. The zero-order valence-corrected chi connectivity index (χ0v) is 19.1. The number of anilines is 1. The highest BCUT2D eigenvalue weighted by molar-refractivity contribution is 7.99. The van der Waals surface area contributed by atoms with Gasteiger partial charge in [0.25, 0.3) is 0 Å². The Morgan fingerprint density at radius 1 is 1.03 bits per heavy atom. The number of nitrogens with zero attached hydrogens (tertiary/aromatic N) is 4. The van der Waals surface area contributed by atoms with Crippen molar-refractivity contribution in [2.75, 3.05) is 18.2 Å². The minimum absolute atomic E-state index is 0.0861. The molecule has 0 aliphatic carbocycles. The van der Waals surface area contributed by atoms with E-state index in [1.807, 2.05) is 90.2 Å². The number of ether oxygens (including phenoxy) is 1. The lowest BCUT2D eigenvalue weighted by molar-refractivity contribution is -0.113. The van der Waals surface area contributed by atoms with Crippen molar-refractivity contribution >= 4 is 23.4 Å². The first-order valence-electron chi connectivity index (χ1n) is 10.2. The number of aromatic nitrogens is 4. The fourth-order valence-corrected chi connectivity index (χ4v) is 4.01. The van der Waals surface area contributed by atoms with Crippen LogP contribution >= 0.6 is 11.8 Å². The van der Waals surface area contributed by atoms with Crippen LogP contribution in [0.5, 0.6) is 5.75 Å². The first kappa shape index (κ1) is 21.7. The van der Waals surface area contributed by atoms with Gasteiger partial charge in [0, 0.05) is 24.5 Å². The Balaban J connectivity index is 1.49. The molecular formula is C24H25N5O2S. The molecule has 2 aromatic heterocycles. The molecule has 164 valence electrons. The van der Waals surface area contributed by atoms with Crippen molar-refractivity contribution in [2.24, 2.45) is 0 Å². The van der Waals surface area contributed by atoms with Crippen molar-refractivity contribution in [1.29, 1.82) is 0 Å². The van der Waals surface area contributed by atoms with E-state index in [0.29, 0.717) is 11.6 Å². The molecule has 1 amide bonds. The van der Waals surface area contributed by atoms with Gasteiger partial charge >= 0.3 is 0 Å². The van der Waals surface area contributed by atoms with Gasteiger partial charge in [0.05, 0.1) is 12.9 Å². The molecule has 32 heavy (non-hydrogen) atoms. The lowest BCUT2D eigenvalue weighted by Crippen LogP contribution is -2.16. The maximum atomic E-state index is 12.5. The lowest BCUT2D eigenvalue weighted by atomic mass is 10.1. The fourth-order valence-electron chi connectivity index (χ4n) is 3.26. The number of thioether (sulfide) groups is 1. The van der Waals surface area contributed by atoms with Crippen LogP contribution in [-0.2, 0) is 11.2 Å². The second-order valence-electron chi connectivity index (χ2n) is 7.43. The molecule has 4 aromatic rings. The third kappa shape index (κ3) is 5.03. The molecule has 0 aliphatic heterocycles. The zero-order valence-electron chi connectivity index (χ0n) is 18.3. The van der Waals surface area contributed by atoms with E-state index in [1.165, 1.54) is 17.3 Å². The minimum atomic E-state index is -0.0861. The molecular weight excluding hydrogens is 422 g/mol. The Hall–Kier alpha value is -3.52. The van der Waals surface area contributed by atoms with Gasteiger partial charge in [0.2, 0.25) is 11.1 Å². The predicted octanol–water partition coefficient (Wildman–Crippen LogP) is 4.34. The number of hydrogen-bond acceptors (Lipinski definition) is 5. The highest BCUT2D eigenvalue weighted by atomic mass is 32.2. The number of rotatable bonds is 8. The number of aryl methyl sites for hydroxylation is 2. The normalized spacial score (nSPS) is 10.8. The summed E-state index contributed by atoms with van der Waals surface area (Å²) in [5, 5.41) is 12.4. The van der Waals surface area contributed by atoms with Crippen LogP contribution in [0.3, 0.4) is 0 Å². The van der Waals surface area contributed by atoms with Crippen LogP contribution in [0, 0.1) is 13.8 Å². The molecule has 0 atom stereocenters. The number of amides is 1. The molecule has 4 rings (SSSR count). The number of nitrogens with one attached hydrogen (secondary N) is 1. The van der Waals surface area contributed by atoms with Gasteiger partial charge in [-0.1, -0.05) is 30.0 Å². The standard InChI is InChI=1S/C24H25N5O2S/c1-17-6-9-20(14-18(17)2)25-23(30)16-32-24-27-26-22(29(24)28-12-4-5-13-28)15-19-7-10-21(31-3)11-8-19/h4-14H,15-16H2,1-3H3,(H,25,30). The van der Waals surface area contributed by atoms with E-state index in [1.54, 1.807) is 7.11 Å². The highest BCUT2D eigenvalue weighted by Gasteiger charge is 2.16. The van der Waals surface area contributed by atoms with Crippen molar-refractivity contribution in [1.82, 2.24) is 19.5 Å². The summed E-state index contributed by atoms with van der Waals surface area (Å²) in [7, 11) is 1.65. The second-order valence-corrected chi connectivity index (χ2v) is 8.38. The maximum absolute atomic E-state index is 12.5. The van der Waals surface area contributed by atoms with Crippen molar-refractivity contribution in [3.8, 4) is 5.75 Å². The summed E-state index contributed by atoms with van der Waals surface area (Å²) in [5.74, 6) is 1.74. The molecule has 0 spiro atoms. The third-order valence-corrected chi connectivity index (χ3v) is 6.06. The van der Waals surface area contributed by atoms with E-state index >= 15 is 0 Å². The lowest BCUT2D eigenvalue weighted by Gasteiger charge is -2.12. The van der Waals surface area contributed by atoms with E-state index < -0.39 is 0 Å².